The van der Waals surface area contributed by atoms with E-state index in [1.165, 1.54) is 11.8 Å². The molecule has 19 heavy (non-hydrogen) atoms. The van der Waals surface area contributed by atoms with Gasteiger partial charge in [-0.2, -0.15) is 4.68 Å². The van der Waals surface area contributed by atoms with Crippen LogP contribution in [0.3, 0.4) is 0 Å². The minimum absolute atomic E-state index is 0.330. The average molecular weight is 280 g/mol. The first-order valence-electron chi connectivity index (χ1n) is 6.03. The van der Waals surface area contributed by atoms with Gasteiger partial charge in [0.15, 0.2) is 0 Å². The molecule has 1 aromatic heterocycles. The molecule has 0 aliphatic rings. The fourth-order valence-electron chi connectivity index (χ4n) is 1.47. The molecule has 1 unspecified atom stereocenters. The van der Waals surface area contributed by atoms with Crippen LogP contribution in [0.5, 0.6) is 0 Å². The Balaban J connectivity index is 1.97. The van der Waals surface area contributed by atoms with Crippen LogP contribution in [0, 0.1) is 0 Å². The number of aliphatic hydroxyl groups is 1. The second kappa shape index (κ2) is 7.22. The zero-order chi connectivity index (χ0) is 13.5. The van der Waals surface area contributed by atoms with Crippen LogP contribution >= 0.6 is 11.8 Å². The lowest BCUT2D eigenvalue weighted by Crippen LogP contribution is -2.18. The Kier molecular flexibility index (Phi) is 5.31. The molecule has 0 saturated carbocycles. The van der Waals surface area contributed by atoms with Gasteiger partial charge in [0.05, 0.1) is 18.4 Å². The topological polar surface area (TPSA) is 73.1 Å². The van der Waals surface area contributed by atoms with Gasteiger partial charge in [-0.25, -0.2) is 0 Å². The molecule has 0 amide bonds. The maximum atomic E-state index is 9.72. The van der Waals surface area contributed by atoms with Gasteiger partial charge in [-0.05, 0) is 29.5 Å². The number of hydrogen-bond acceptors (Lipinski definition) is 6. The molecule has 0 aliphatic carbocycles. The van der Waals surface area contributed by atoms with Crippen molar-refractivity contribution in [3.05, 3.63) is 30.3 Å². The second-order valence-corrected chi connectivity index (χ2v) is 4.82. The largest absolute Gasteiger partial charge is 0.390 e. The van der Waals surface area contributed by atoms with Crippen molar-refractivity contribution in [3.63, 3.8) is 0 Å². The molecule has 0 fully saturated rings. The third-order valence-corrected chi connectivity index (χ3v) is 3.43. The summed E-state index contributed by atoms with van der Waals surface area (Å²) in [5.41, 5.74) is 0.897. The van der Waals surface area contributed by atoms with E-state index < -0.39 is 6.10 Å². The van der Waals surface area contributed by atoms with E-state index in [2.05, 4.69) is 15.5 Å². The van der Waals surface area contributed by atoms with Gasteiger partial charge in [-0.3, -0.25) is 0 Å². The highest BCUT2D eigenvalue weighted by Gasteiger charge is 2.11. The lowest BCUT2D eigenvalue weighted by Gasteiger charge is -2.09. The summed E-state index contributed by atoms with van der Waals surface area (Å²) < 4.78 is 6.81. The van der Waals surface area contributed by atoms with Crippen LogP contribution in [0.4, 0.5) is 0 Å². The van der Waals surface area contributed by atoms with Crippen molar-refractivity contribution in [1.29, 1.82) is 0 Å². The molecule has 0 bridgehead atoms. The molecule has 2 rings (SSSR count). The Bertz CT molecular complexity index is 491. The number of hydrogen-bond donors (Lipinski definition) is 1. The van der Waals surface area contributed by atoms with E-state index in [4.69, 9.17) is 4.74 Å². The van der Waals surface area contributed by atoms with Crippen molar-refractivity contribution in [1.82, 2.24) is 20.2 Å². The average Bonchev–Trinajstić information content (AvgIpc) is 2.92. The van der Waals surface area contributed by atoms with E-state index in [1.54, 1.807) is 4.68 Å². The first-order valence-corrected chi connectivity index (χ1v) is 7.02. The van der Waals surface area contributed by atoms with Crippen molar-refractivity contribution in [3.8, 4) is 5.69 Å². The number of benzene rings is 1. The summed E-state index contributed by atoms with van der Waals surface area (Å²) in [6.45, 7) is 2.83. The smallest absolute Gasteiger partial charge is 0.214 e. The molecule has 1 aromatic carbocycles. The third kappa shape index (κ3) is 4.02. The Hall–Kier alpha value is -1.44. The molecule has 1 heterocycles. The summed E-state index contributed by atoms with van der Waals surface area (Å²) in [6, 6.07) is 9.64. The molecule has 7 heteroatoms. The van der Waals surface area contributed by atoms with E-state index in [-0.39, 0.29) is 0 Å². The van der Waals surface area contributed by atoms with Crippen molar-refractivity contribution in [2.24, 2.45) is 0 Å². The lowest BCUT2D eigenvalue weighted by molar-refractivity contribution is 0.0551. The molecule has 0 saturated heterocycles. The Morgan fingerprint density at radius 3 is 2.89 bits per heavy atom. The molecule has 0 radical (unpaired) electrons. The first kappa shape index (κ1) is 14.0. The van der Waals surface area contributed by atoms with Crippen molar-refractivity contribution < 1.29 is 9.84 Å². The quantitative estimate of drug-likeness (QED) is 0.767. The SMILES string of the molecule is CCOCC(O)CSc1nnnn1-c1ccccc1. The maximum absolute atomic E-state index is 9.72. The Labute approximate surface area is 115 Å². The summed E-state index contributed by atoms with van der Waals surface area (Å²) in [4.78, 5) is 0. The fourth-order valence-corrected chi connectivity index (χ4v) is 2.27. The predicted molar refractivity (Wildman–Crippen MR) is 72.4 cm³/mol. The van der Waals surface area contributed by atoms with E-state index in [0.717, 1.165) is 5.69 Å². The number of tetrazole rings is 1. The minimum Gasteiger partial charge on any atom is -0.390 e. The van der Waals surface area contributed by atoms with Crippen LogP contribution in [0.15, 0.2) is 35.5 Å². The van der Waals surface area contributed by atoms with E-state index in [9.17, 15) is 5.11 Å². The minimum atomic E-state index is -0.522. The maximum Gasteiger partial charge on any atom is 0.214 e. The first-order chi connectivity index (χ1) is 9.31. The van der Waals surface area contributed by atoms with Crippen LogP contribution in [0.25, 0.3) is 5.69 Å². The van der Waals surface area contributed by atoms with Crippen molar-refractivity contribution in [2.45, 2.75) is 18.2 Å². The zero-order valence-corrected chi connectivity index (χ0v) is 11.5. The summed E-state index contributed by atoms with van der Waals surface area (Å²) in [7, 11) is 0. The zero-order valence-electron chi connectivity index (χ0n) is 10.6. The Morgan fingerprint density at radius 1 is 1.37 bits per heavy atom. The highest BCUT2D eigenvalue weighted by atomic mass is 32.2. The number of para-hydroxylation sites is 1. The molecule has 1 atom stereocenters. The predicted octanol–water partition coefficient (Wildman–Crippen LogP) is 1.15. The fraction of sp³-hybridized carbons (Fsp3) is 0.417. The highest BCUT2D eigenvalue weighted by molar-refractivity contribution is 7.99. The van der Waals surface area contributed by atoms with Gasteiger partial charge in [0.25, 0.3) is 0 Å². The summed E-state index contributed by atoms with van der Waals surface area (Å²) in [6.07, 6.45) is -0.522. The summed E-state index contributed by atoms with van der Waals surface area (Å²) in [5.74, 6) is 0.493. The second-order valence-electron chi connectivity index (χ2n) is 3.83. The van der Waals surface area contributed by atoms with Crippen molar-refractivity contribution in [2.75, 3.05) is 19.0 Å². The van der Waals surface area contributed by atoms with E-state index >= 15 is 0 Å². The molecule has 2 aromatic rings. The lowest BCUT2D eigenvalue weighted by atomic mass is 10.3. The molecular weight excluding hydrogens is 264 g/mol. The van der Waals surface area contributed by atoms with Gasteiger partial charge in [0, 0.05) is 12.4 Å². The van der Waals surface area contributed by atoms with Crippen LogP contribution in [-0.4, -0.2) is 50.4 Å². The van der Waals surface area contributed by atoms with Gasteiger partial charge in [0.2, 0.25) is 5.16 Å². The van der Waals surface area contributed by atoms with Gasteiger partial charge in [0.1, 0.15) is 0 Å². The van der Waals surface area contributed by atoms with Crippen LogP contribution in [0.1, 0.15) is 6.92 Å². The van der Waals surface area contributed by atoms with Gasteiger partial charge in [-0.1, -0.05) is 30.0 Å². The Morgan fingerprint density at radius 2 is 2.16 bits per heavy atom. The molecule has 0 spiro atoms. The summed E-state index contributed by atoms with van der Waals surface area (Å²) >= 11 is 1.40. The van der Waals surface area contributed by atoms with Crippen LogP contribution in [0.2, 0.25) is 0 Å². The number of aromatic nitrogens is 4. The van der Waals surface area contributed by atoms with Gasteiger partial charge < -0.3 is 9.84 Å². The normalized spacial score (nSPS) is 12.5. The van der Waals surface area contributed by atoms with E-state index in [0.29, 0.717) is 24.1 Å². The number of ether oxygens (including phenoxy) is 1. The van der Waals surface area contributed by atoms with Crippen molar-refractivity contribution >= 4 is 11.8 Å². The molecule has 102 valence electrons. The third-order valence-electron chi connectivity index (χ3n) is 2.36. The van der Waals surface area contributed by atoms with Gasteiger partial charge in [-0.15, -0.1) is 5.10 Å². The van der Waals surface area contributed by atoms with Crippen LogP contribution < -0.4 is 0 Å². The number of aliphatic hydroxyl groups excluding tert-OH is 1. The molecule has 0 aliphatic heterocycles. The molecular formula is C12H16N4O2S. The van der Waals surface area contributed by atoms with Crippen LogP contribution in [-0.2, 0) is 4.74 Å². The number of thioether (sulfide) groups is 1. The number of nitrogens with zero attached hydrogens (tertiary/aromatic N) is 4. The monoisotopic (exact) mass is 280 g/mol. The van der Waals surface area contributed by atoms with Gasteiger partial charge >= 0.3 is 0 Å². The number of rotatable bonds is 7. The highest BCUT2D eigenvalue weighted by Crippen LogP contribution is 2.18. The molecule has 6 nitrogen and oxygen atoms in total. The van der Waals surface area contributed by atoms with E-state index in [1.807, 2.05) is 37.3 Å². The molecule has 1 N–H and O–H groups in total. The standard InChI is InChI=1S/C12H16N4O2S/c1-2-18-8-11(17)9-19-12-13-14-15-16(12)10-6-4-3-5-7-10/h3-7,11,17H,2,8-9H2,1H3. The summed E-state index contributed by atoms with van der Waals surface area (Å²) in [5, 5.41) is 21.9.